The summed E-state index contributed by atoms with van der Waals surface area (Å²) in [5.74, 6) is -0.419. The average molecular weight is 368 g/mol. The second-order valence-corrected chi connectivity index (χ2v) is 6.89. The largest absolute Gasteiger partial charge is 0.465 e. The summed E-state index contributed by atoms with van der Waals surface area (Å²) in [7, 11) is 0. The lowest BCUT2D eigenvalue weighted by Crippen LogP contribution is -2.36. The van der Waals surface area contributed by atoms with Gasteiger partial charge in [0.25, 0.3) is 11.1 Å². The number of carbonyl (C=O) groups is 3. The van der Waals surface area contributed by atoms with Gasteiger partial charge in [0.2, 0.25) is 0 Å². The molecule has 3 rings (SSSR count). The topological polar surface area (TPSA) is 98.7 Å². The molecule has 2 aliphatic rings. The SMILES string of the molecule is O=C(O)NC1CCN(c2cc(Cl)ccc2C=C2SC(=O)NC2=O)C1. The van der Waals surface area contributed by atoms with Gasteiger partial charge < -0.3 is 15.3 Å². The molecule has 0 bridgehead atoms. The Labute approximate surface area is 147 Å². The first-order valence-electron chi connectivity index (χ1n) is 7.21. The van der Waals surface area contributed by atoms with Crippen LogP contribution in [0.1, 0.15) is 12.0 Å². The maximum atomic E-state index is 11.7. The Bertz CT molecular complexity index is 752. The smallest absolute Gasteiger partial charge is 0.404 e. The number of nitrogens with zero attached hydrogens (tertiary/aromatic N) is 1. The van der Waals surface area contributed by atoms with Crippen LogP contribution in [-0.4, -0.2) is 41.5 Å². The van der Waals surface area contributed by atoms with Crippen molar-refractivity contribution in [3.8, 4) is 0 Å². The molecule has 2 saturated heterocycles. The molecule has 1 aromatic rings. The molecule has 0 aromatic heterocycles. The van der Waals surface area contributed by atoms with Gasteiger partial charge in [-0.1, -0.05) is 17.7 Å². The zero-order valence-electron chi connectivity index (χ0n) is 12.4. The Kier molecular flexibility index (Phi) is 4.68. The fraction of sp³-hybridized carbons (Fsp3) is 0.267. The van der Waals surface area contributed by atoms with Gasteiger partial charge in [-0.3, -0.25) is 14.9 Å². The Morgan fingerprint density at radius 3 is 2.92 bits per heavy atom. The number of benzene rings is 1. The number of thioether (sulfide) groups is 1. The predicted molar refractivity (Wildman–Crippen MR) is 92.3 cm³/mol. The van der Waals surface area contributed by atoms with Crippen LogP contribution >= 0.6 is 23.4 Å². The van der Waals surface area contributed by atoms with Crippen molar-refractivity contribution in [3.05, 3.63) is 33.7 Å². The number of halogens is 1. The molecule has 7 nitrogen and oxygen atoms in total. The molecule has 0 radical (unpaired) electrons. The van der Waals surface area contributed by atoms with Crippen molar-refractivity contribution in [2.45, 2.75) is 12.5 Å². The van der Waals surface area contributed by atoms with Crippen molar-refractivity contribution in [1.82, 2.24) is 10.6 Å². The third-order valence-electron chi connectivity index (χ3n) is 3.78. The maximum absolute atomic E-state index is 11.7. The summed E-state index contributed by atoms with van der Waals surface area (Å²) in [4.78, 5) is 36.1. The lowest BCUT2D eigenvalue weighted by atomic mass is 10.1. The molecule has 2 heterocycles. The number of hydrogen-bond donors (Lipinski definition) is 3. The minimum atomic E-state index is -1.05. The van der Waals surface area contributed by atoms with Crippen molar-refractivity contribution in [1.29, 1.82) is 0 Å². The van der Waals surface area contributed by atoms with E-state index in [9.17, 15) is 14.4 Å². The summed E-state index contributed by atoms with van der Waals surface area (Å²) in [6, 6.07) is 5.10. The van der Waals surface area contributed by atoms with Gasteiger partial charge in [-0.05, 0) is 42.0 Å². The average Bonchev–Trinajstić information content (AvgIpc) is 3.07. The van der Waals surface area contributed by atoms with Gasteiger partial charge in [-0.15, -0.1) is 0 Å². The van der Waals surface area contributed by atoms with Gasteiger partial charge in [0.05, 0.1) is 10.9 Å². The van der Waals surface area contributed by atoms with E-state index in [1.165, 1.54) is 0 Å². The monoisotopic (exact) mass is 367 g/mol. The van der Waals surface area contributed by atoms with E-state index in [2.05, 4.69) is 10.6 Å². The third kappa shape index (κ3) is 3.65. The van der Waals surface area contributed by atoms with Gasteiger partial charge in [-0.25, -0.2) is 4.79 Å². The number of anilines is 1. The highest BCUT2D eigenvalue weighted by Gasteiger charge is 2.28. The summed E-state index contributed by atoms with van der Waals surface area (Å²) >= 11 is 6.94. The van der Waals surface area contributed by atoms with Crippen LogP contribution in [0.25, 0.3) is 6.08 Å². The van der Waals surface area contributed by atoms with E-state index in [0.29, 0.717) is 29.4 Å². The molecule has 1 aromatic carbocycles. The molecule has 2 fully saturated rings. The first kappa shape index (κ1) is 16.7. The number of hydrogen-bond acceptors (Lipinski definition) is 5. The first-order valence-corrected chi connectivity index (χ1v) is 8.40. The molecule has 126 valence electrons. The molecule has 0 aliphatic carbocycles. The highest BCUT2D eigenvalue weighted by Crippen LogP contribution is 2.33. The number of imide groups is 1. The Morgan fingerprint density at radius 2 is 2.25 bits per heavy atom. The highest BCUT2D eigenvalue weighted by atomic mass is 35.5. The zero-order valence-corrected chi connectivity index (χ0v) is 14.0. The summed E-state index contributed by atoms with van der Waals surface area (Å²) in [5, 5.41) is 13.7. The number of nitrogens with one attached hydrogen (secondary N) is 2. The standard InChI is InChI=1S/C15H14ClN3O4S/c16-9-2-1-8(5-12-13(20)18-15(23)24-12)11(6-9)19-4-3-10(7-19)17-14(21)22/h1-2,5-6,10,17H,3-4,7H2,(H,21,22)(H,18,20,23). The van der Waals surface area contributed by atoms with Crippen molar-refractivity contribution in [2.24, 2.45) is 0 Å². The number of carboxylic acid groups (broad SMARTS) is 1. The van der Waals surface area contributed by atoms with E-state index in [1.807, 2.05) is 4.90 Å². The Hall–Kier alpha value is -2.19. The summed E-state index contributed by atoms with van der Waals surface area (Å²) in [6.45, 7) is 1.18. The van der Waals surface area contributed by atoms with E-state index >= 15 is 0 Å². The number of rotatable bonds is 3. The summed E-state index contributed by atoms with van der Waals surface area (Å²) < 4.78 is 0. The first-order chi connectivity index (χ1) is 11.4. The molecule has 0 saturated carbocycles. The van der Waals surface area contributed by atoms with Gasteiger partial charge in [0.1, 0.15) is 0 Å². The third-order valence-corrected chi connectivity index (χ3v) is 4.82. The van der Waals surface area contributed by atoms with E-state index in [0.717, 1.165) is 23.0 Å². The maximum Gasteiger partial charge on any atom is 0.404 e. The number of carbonyl (C=O) groups excluding carboxylic acids is 2. The van der Waals surface area contributed by atoms with Gasteiger partial charge in [-0.2, -0.15) is 0 Å². The van der Waals surface area contributed by atoms with Crippen molar-refractivity contribution in [3.63, 3.8) is 0 Å². The molecule has 2 aliphatic heterocycles. The van der Waals surface area contributed by atoms with Crippen LogP contribution in [0.2, 0.25) is 5.02 Å². The highest BCUT2D eigenvalue weighted by molar-refractivity contribution is 8.18. The van der Waals surface area contributed by atoms with Crippen LogP contribution in [0, 0.1) is 0 Å². The van der Waals surface area contributed by atoms with Crippen molar-refractivity contribution < 1.29 is 19.5 Å². The van der Waals surface area contributed by atoms with Gasteiger partial charge in [0, 0.05) is 23.8 Å². The van der Waals surface area contributed by atoms with E-state index in [-0.39, 0.29) is 6.04 Å². The summed E-state index contributed by atoms with van der Waals surface area (Å²) in [5.41, 5.74) is 1.56. The lowest BCUT2D eigenvalue weighted by Gasteiger charge is -2.21. The molecule has 9 heteroatoms. The fourth-order valence-corrected chi connectivity index (χ4v) is 3.59. The summed E-state index contributed by atoms with van der Waals surface area (Å²) in [6.07, 6.45) is 1.28. The predicted octanol–water partition coefficient (Wildman–Crippen LogP) is 2.51. The second kappa shape index (κ2) is 6.74. The molecule has 3 amide bonds. The minimum absolute atomic E-state index is 0.160. The van der Waals surface area contributed by atoms with E-state index in [1.54, 1.807) is 24.3 Å². The molecule has 1 atom stereocenters. The quantitative estimate of drug-likeness (QED) is 0.710. The van der Waals surface area contributed by atoms with Gasteiger partial charge in [0.15, 0.2) is 0 Å². The van der Waals surface area contributed by atoms with Crippen LogP contribution in [0.3, 0.4) is 0 Å². The van der Waals surface area contributed by atoms with E-state index < -0.39 is 17.2 Å². The zero-order chi connectivity index (χ0) is 17.3. The second-order valence-electron chi connectivity index (χ2n) is 5.44. The normalized spacial score (nSPS) is 22.1. The lowest BCUT2D eigenvalue weighted by molar-refractivity contribution is -0.115. The molecular weight excluding hydrogens is 354 g/mol. The van der Waals surface area contributed by atoms with Crippen molar-refractivity contribution >= 4 is 52.4 Å². The fourth-order valence-electron chi connectivity index (χ4n) is 2.75. The molecule has 24 heavy (non-hydrogen) atoms. The Morgan fingerprint density at radius 1 is 1.46 bits per heavy atom. The molecule has 0 spiro atoms. The number of amides is 3. The Balaban J connectivity index is 1.87. The van der Waals surface area contributed by atoms with Crippen LogP contribution < -0.4 is 15.5 Å². The van der Waals surface area contributed by atoms with Crippen molar-refractivity contribution in [2.75, 3.05) is 18.0 Å². The molecule has 1 unspecified atom stereocenters. The minimum Gasteiger partial charge on any atom is -0.465 e. The van der Waals surface area contributed by atoms with Crippen LogP contribution in [0.15, 0.2) is 23.1 Å². The van der Waals surface area contributed by atoms with Crippen LogP contribution in [0.5, 0.6) is 0 Å². The van der Waals surface area contributed by atoms with Gasteiger partial charge >= 0.3 is 6.09 Å². The van der Waals surface area contributed by atoms with Crippen LogP contribution in [-0.2, 0) is 4.79 Å². The molecule has 3 N–H and O–H groups in total. The van der Waals surface area contributed by atoms with Crippen LogP contribution in [0.4, 0.5) is 15.3 Å². The van der Waals surface area contributed by atoms with E-state index in [4.69, 9.17) is 16.7 Å². The molecular formula is C15H14ClN3O4S.